The molecule has 4 nitrogen and oxygen atoms in total. The summed E-state index contributed by atoms with van der Waals surface area (Å²) in [7, 11) is 0. The summed E-state index contributed by atoms with van der Waals surface area (Å²) in [5.74, 6) is 3.16. The van der Waals surface area contributed by atoms with Crippen LogP contribution in [0.15, 0.2) is 24.5 Å². The molecule has 5 rings (SSSR count). The highest BCUT2D eigenvalue weighted by atomic mass is 16.2. The molecule has 130 valence electrons. The van der Waals surface area contributed by atoms with Crippen molar-refractivity contribution in [1.82, 2.24) is 10.3 Å². The molecule has 1 aromatic heterocycles. The molecule has 0 radical (unpaired) electrons. The molecule has 2 unspecified atom stereocenters. The first-order valence-corrected chi connectivity index (χ1v) is 9.34. The van der Waals surface area contributed by atoms with Crippen LogP contribution in [0.2, 0.25) is 0 Å². The minimum Gasteiger partial charge on any atom is -0.332 e. The first-order valence-electron chi connectivity index (χ1n) is 9.34. The molecule has 24 heavy (non-hydrogen) atoms. The summed E-state index contributed by atoms with van der Waals surface area (Å²) in [6.45, 7) is 7.19. The van der Waals surface area contributed by atoms with Gasteiger partial charge in [-0.05, 0) is 73.3 Å². The van der Waals surface area contributed by atoms with Gasteiger partial charge >= 0.3 is 6.03 Å². The summed E-state index contributed by atoms with van der Waals surface area (Å²) >= 11 is 0. The fraction of sp³-hybridized carbons (Fsp3) is 0.700. The molecule has 0 saturated heterocycles. The quantitative estimate of drug-likeness (QED) is 0.843. The van der Waals surface area contributed by atoms with Gasteiger partial charge in [-0.1, -0.05) is 20.8 Å². The van der Waals surface area contributed by atoms with Crippen molar-refractivity contribution in [3.63, 3.8) is 0 Å². The smallest absolute Gasteiger partial charge is 0.319 e. The molecule has 0 aliphatic heterocycles. The average Bonchev–Trinajstić information content (AvgIpc) is 2.44. The highest BCUT2D eigenvalue weighted by Gasteiger charge is 2.57. The second kappa shape index (κ2) is 5.47. The van der Waals surface area contributed by atoms with Gasteiger partial charge in [0, 0.05) is 11.7 Å². The van der Waals surface area contributed by atoms with Crippen LogP contribution in [0.1, 0.15) is 52.9 Å². The van der Waals surface area contributed by atoms with Crippen molar-refractivity contribution in [2.24, 2.45) is 29.1 Å². The van der Waals surface area contributed by atoms with Crippen molar-refractivity contribution < 1.29 is 4.79 Å². The Hall–Kier alpha value is -1.58. The Labute approximate surface area is 144 Å². The average molecular weight is 327 g/mol. The minimum absolute atomic E-state index is 0.0184. The first-order chi connectivity index (χ1) is 11.3. The lowest BCUT2D eigenvalue weighted by atomic mass is 9.45. The van der Waals surface area contributed by atoms with Gasteiger partial charge in [-0.15, -0.1) is 0 Å². The van der Waals surface area contributed by atoms with Gasteiger partial charge in [-0.25, -0.2) is 4.79 Å². The van der Waals surface area contributed by atoms with Gasteiger partial charge in [0.15, 0.2) is 0 Å². The van der Waals surface area contributed by atoms with Gasteiger partial charge < -0.3 is 10.6 Å². The van der Waals surface area contributed by atoms with Crippen LogP contribution >= 0.6 is 0 Å². The van der Waals surface area contributed by atoms with Crippen molar-refractivity contribution in [2.75, 3.05) is 5.32 Å². The van der Waals surface area contributed by atoms with E-state index in [2.05, 4.69) is 36.4 Å². The van der Waals surface area contributed by atoms with Gasteiger partial charge in [-0.3, -0.25) is 4.98 Å². The number of urea groups is 1. The largest absolute Gasteiger partial charge is 0.332 e. The van der Waals surface area contributed by atoms with E-state index in [4.69, 9.17) is 0 Å². The predicted octanol–water partition coefficient (Wildman–Crippen LogP) is 4.44. The van der Waals surface area contributed by atoms with Crippen LogP contribution in [0, 0.1) is 29.1 Å². The van der Waals surface area contributed by atoms with Crippen LogP contribution < -0.4 is 10.6 Å². The van der Waals surface area contributed by atoms with E-state index in [0.29, 0.717) is 5.41 Å². The second-order valence-electron chi connectivity index (χ2n) is 9.46. The zero-order chi connectivity index (χ0) is 16.9. The van der Waals surface area contributed by atoms with E-state index in [1.807, 2.05) is 12.1 Å². The number of pyridine rings is 1. The Bertz CT molecular complexity index is 606. The van der Waals surface area contributed by atoms with Crippen LogP contribution in [0.3, 0.4) is 0 Å². The SMILES string of the molecule is CC(C)(C)C1C2CC3CC1CC(NC(=O)Nc1cccnc1)(C3)C2. The lowest BCUT2D eigenvalue weighted by molar-refractivity contribution is -0.0992. The van der Waals surface area contributed by atoms with Gasteiger partial charge in [0.05, 0.1) is 11.9 Å². The number of rotatable bonds is 2. The van der Waals surface area contributed by atoms with E-state index >= 15 is 0 Å². The number of nitrogens with zero attached hydrogens (tertiary/aromatic N) is 1. The molecule has 1 aromatic rings. The predicted molar refractivity (Wildman–Crippen MR) is 95.6 cm³/mol. The summed E-state index contributed by atoms with van der Waals surface area (Å²) in [6.07, 6.45) is 9.62. The molecule has 4 bridgehead atoms. The van der Waals surface area contributed by atoms with Crippen molar-refractivity contribution in [2.45, 2.75) is 58.4 Å². The van der Waals surface area contributed by atoms with E-state index in [1.54, 1.807) is 12.4 Å². The van der Waals surface area contributed by atoms with Crippen molar-refractivity contribution in [3.8, 4) is 0 Å². The minimum atomic E-state index is -0.0720. The van der Waals surface area contributed by atoms with Gasteiger partial charge in [0.1, 0.15) is 0 Å². The molecule has 4 saturated carbocycles. The second-order valence-corrected chi connectivity index (χ2v) is 9.46. The van der Waals surface area contributed by atoms with E-state index < -0.39 is 0 Å². The molecule has 4 aliphatic rings. The van der Waals surface area contributed by atoms with Gasteiger partial charge in [0.2, 0.25) is 0 Å². The number of amides is 2. The van der Waals surface area contributed by atoms with Crippen molar-refractivity contribution >= 4 is 11.7 Å². The number of carbonyl (C=O) groups is 1. The van der Waals surface area contributed by atoms with Crippen LogP contribution in [0.25, 0.3) is 0 Å². The molecule has 0 spiro atoms. The zero-order valence-corrected chi connectivity index (χ0v) is 15.0. The Morgan fingerprint density at radius 2 is 1.92 bits per heavy atom. The van der Waals surface area contributed by atoms with Crippen molar-refractivity contribution in [1.29, 1.82) is 0 Å². The summed E-state index contributed by atoms with van der Waals surface area (Å²) in [5.41, 5.74) is 1.15. The van der Waals surface area contributed by atoms with Gasteiger partial charge in [-0.2, -0.15) is 0 Å². The molecule has 2 atom stereocenters. The number of hydrogen-bond donors (Lipinski definition) is 2. The molecule has 2 N–H and O–H groups in total. The maximum absolute atomic E-state index is 12.5. The van der Waals surface area contributed by atoms with Crippen LogP contribution in [0.4, 0.5) is 10.5 Å². The lowest BCUT2D eigenvalue weighted by Crippen LogP contribution is -2.64. The maximum atomic E-state index is 12.5. The normalized spacial score (nSPS) is 37.3. The van der Waals surface area contributed by atoms with Gasteiger partial charge in [0.25, 0.3) is 0 Å². The third kappa shape index (κ3) is 2.80. The number of hydrogen-bond acceptors (Lipinski definition) is 2. The Morgan fingerprint density at radius 3 is 2.50 bits per heavy atom. The molecule has 0 aromatic carbocycles. The fourth-order valence-electron chi connectivity index (χ4n) is 6.43. The molecule has 4 aliphatic carbocycles. The van der Waals surface area contributed by atoms with E-state index in [-0.39, 0.29) is 11.6 Å². The molecule has 4 heteroatoms. The standard InChI is InChI=1S/C20H29N3O/c1-19(2,3)17-14-7-13-8-15(17)11-20(9-13,10-14)23-18(24)22-16-5-4-6-21-12-16/h4-6,12-15,17H,7-11H2,1-3H3,(H2,22,23,24). The highest BCUT2D eigenvalue weighted by Crippen LogP contribution is 2.62. The topological polar surface area (TPSA) is 54.0 Å². The summed E-state index contributed by atoms with van der Waals surface area (Å²) in [4.78, 5) is 16.6. The first kappa shape index (κ1) is 15.9. The number of nitrogens with one attached hydrogen (secondary N) is 2. The fourth-order valence-corrected chi connectivity index (χ4v) is 6.43. The third-order valence-electron chi connectivity index (χ3n) is 6.57. The van der Waals surface area contributed by atoms with Crippen LogP contribution in [0.5, 0.6) is 0 Å². The number of aromatic nitrogens is 1. The Morgan fingerprint density at radius 1 is 1.21 bits per heavy atom. The van der Waals surface area contributed by atoms with Crippen LogP contribution in [-0.2, 0) is 0 Å². The van der Waals surface area contributed by atoms with E-state index in [1.165, 1.54) is 12.8 Å². The van der Waals surface area contributed by atoms with E-state index in [0.717, 1.165) is 48.6 Å². The molecule has 2 amide bonds. The molecule has 4 fully saturated rings. The number of carbonyl (C=O) groups excluding carboxylic acids is 1. The van der Waals surface area contributed by atoms with Crippen LogP contribution in [-0.4, -0.2) is 16.6 Å². The lowest BCUT2D eigenvalue weighted by Gasteiger charge is -2.62. The third-order valence-corrected chi connectivity index (χ3v) is 6.57. The zero-order valence-electron chi connectivity index (χ0n) is 15.0. The molecular formula is C20H29N3O. The summed E-state index contributed by atoms with van der Waals surface area (Å²) in [5, 5.41) is 6.31. The van der Waals surface area contributed by atoms with E-state index in [9.17, 15) is 4.79 Å². The summed E-state index contributed by atoms with van der Waals surface area (Å²) in [6, 6.07) is 3.65. The highest BCUT2D eigenvalue weighted by molar-refractivity contribution is 5.89. The van der Waals surface area contributed by atoms with Crippen molar-refractivity contribution in [3.05, 3.63) is 24.5 Å². The maximum Gasteiger partial charge on any atom is 0.319 e. The molecule has 1 heterocycles. The monoisotopic (exact) mass is 327 g/mol. The Balaban J connectivity index is 1.48. The molecular weight excluding hydrogens is 298 g/mol. The number of anilines is 1. The summed E-state index contributed by atoms with van der Waals surface area (Å²) < 4.78 is 0. The Kier molecular flexibility index (Phi) is 3.63.